The van der Waals surface area contributed by atoms with E-state index in [1.165, 1.54) is 0 Å². The summed E-state index contributed by atoms with van der Waals surface area (Å²) in [5.74, 6) is 0.377. The first-order valence-corrected chi connectivity index (χ1v) is 13.2. The molecule has 1 aromatic heterocycles. The molecular weight excluding hydrogens is 480 g/mol. The van der Waals surface area contributed by atoms with Crippen LogP contribution in [0.15, 0.2) is 71.3 Å². The molecule has 198 valence electrons. The van der Waals surface area contributed by atoms with Gasteiger partial charge in [0, 0.05) is 36.2 Å². The Labute approximate surface area is 222 Å². The Morgan fingerprint density at radius 3 is 2.79 bits per heavy atom. The highest BCUT2D eigenvalue weighted by Gasteiger charge is 2.19. The van der Waals surface area contributed by atoms with Crippen LogP contribution < -0.4 is 15.8 Å². The molecule has 0 saturated carbocycles. The Morgan fingerprint density at radius 1 is 1.08 bits per heavy atom. The largest absolute Gasteiger partial charge is 0.488 e. The van der Waals surface area contributed by atoms with E-state index in [0.717, 1.165) is 70.5 Å². The Balaban J connectivity index is 1.45. The number of fused-ring (bicyclic) bond motifs is 1. The Hall–Kier alpha value is -3.81. The number of para-hydroxylation sites is 1. The third-order valence-corrected chi connectivity index (χ3v) is 6.79. The van der Waals surface area contributed by atoms with Gasteiger partial charge in [-0.25, -0.2) is 0 Å². The van der Waals surface area contributed by atoms with E-state index in [1.54, 1.807) is 13.2 Å². The number of furan rings is 1. The van der Waals surface area contributed by atoms with Crippen molar-refractivity contribution >= 4 is 22.6 Å². The van der Waals surface area contributed by atoms with Crippen molar-refractivity contribution in [3.05, 3.63) is 83.6 Å². The van der Waals surface area contributed by atoms with E-state index in [0.29, 0.717) is 25.5 Å². The Bertz CT molecular complexity index is 1390. The van der Waals surface area contributed by atoms with Crippen LogP contribution >= 0.6 is 0 Å². The number of rotatable bonds is 11. The SMILES string of the molecule is CCOC(=O)Cc1ccccc1OCc1coc2c(NC[C@@H]3CCCO3)cc(-c3cccc(CN)c3)cc12. The first kappa shape index (κ1) is 25.8. The molecular formula is C31H34N2O5. The maximum atomic E-state index is 12.1. The van der Waals surface area contributed by atoms with E-state index in [9.17, 15) is 4.79 Å². The van der Waals surface area contributed by atoms with Crippen LogP contribution in [0.4, 0.5) is 5.69 Å². The fourth-order valence-corrected chi connectivity index (χ4v) is 4.82. The lowest BCUT2D eigenvalue weighted by atomic mass is 9.99. The standard InChI is InChI=1S/C31H34N2O5/c1-2-35-30(34)16-23-8-3-4-11-29(23)37-19-25-20-38-31-27(25)14-24(22-9-5-7-21(13-22)17-32)15-28(31)33-18-26-10-6-12-36-26/h3-5,7-9,11,13-15,20,26,33H,2,6,10,12,16-19,32H2,1H3/t26-/m0/s1. The molecule has 0 bridgehead atoms. The van der Waals surface area contributed by atoms with Crippen molar-refractivity contribution in [3.63, 3.8) is 0 Å². The van der Waals surface area contributed by atoms with Gasteiger partial charge in [-0.05, 0) is 60.7 Å². The fourth-order valence-electron chi connectivity index (χ4n) is 4.82. The summed E-state index contributed by atoms with van der Waals surface area (Å²) in [6.07, 6.45) is 4.25. The maximum absolute atomic E-state index is 12.1. The second-order valence-electron chi connectivity index (χ2n) is 9.46. The van der Waals surface area contributed by atoms with Gasteiger partial charge in [-0.15, -0.1) is 0 Å². The molecule has 4 aromatic rings. The first-order valence-electron chi connectivity index (χ1n) is 13.2. The van der Waals surface area contributed by atoms with Gasteiger partial charge in [0.2, 0.25) is 0 Å². The molecule has 1 fully saturated rings. The van der Waals surface area contributed by atoms with Crippen LogP contribution in [-0.2, 0) is 33.8 Å². The minimum Gasteiger partial charge on any atom is -0.488 e. The van der Waals surface area contributed by atoms with Gasteiger partial charge in [-0.2, -0.15) is 0 Å². The van der Waals surface area contributed by atoms with E-state index in [-0.39, 0.29) is 18.5 Å². The monoisotopic (exact) mass is 514 g/mol. The lowest BCUT2D eigenvalue weighted by molar-refractivity contribution is -0.142. The zero-order chi connectivity index (χ0) is 26.3. The number of esters is 1. The molecule has 0 amide bonds. The van der Waals surface area contributed by atoms with Crippen LogP contribution in [0.3, 0.4) is 0 Å². The van der Waals surface area contributed by atoms with Crippen molar-refractivity contribution in [2.75, 3.05) is 25.1 Å². The second kappa shape index (κ2) is 12.2. The predicted octanol–water partition coefficient (Wildman–Crippen LogP) is 5.83. The van der Waals surface area contributed by atoms with Gasteiger partial charge in [0.05, 0.1) is 31.1 Å². The summed E-state index contributed by atoms with van der Waals surface area (Å²) in [4.78, 5) is 12.1. The predicted molar refractivity (Wildman–Crippen MR) is 148 cm³/mol. The molecule has 1 aliphatic heterocycles. The van der Waals surface area contributed by atoms with Crippen molar-refractivity contribution in [1.29, 1.82) is 0 Å². The lowest BCUT2D eigenvalue weighted by Gasteiger charge is -2.14. The molecule has 1 aliphatic rings. The van der Waals surface area contributed by atoms with Crippen molar-refractivity contribution in [2.45, 2.75) is 45.4 Å². The van der Waals surface area contributed by atoms with Gasteiger partial charge in [-0.3, -0.25) is 4.79 Å². The molecule has 1 atom stereocenters. The van der Waals surface area contributed by atoms with Gasteiger partial charge in [0.15, 0.2) is 5.58 Å². The summed E-state index contributed by atoms with van der Waals surface area (Å²) in [5, 5.41) is 4.53. The normalized spacial score (nSPS) is 15.1. The summed E-state index contributed by atoms with van der Waals surface area (Å²) >= 11 is 0. The number of benzene rings is 3. The molecule has 3 aromatic carbocycles. The van der Waals surface area contributed by atoms with Gasteiger partial charge >= 0.3 is 5.97 Å². The van der Waals surface area contributed by atoms with Gasteiger partial charge in [0.25, 0.3) is 0 Å². The molecule has 1 saturated heterocycles. The molecule has 5 rings (SSSR count). The van der Waals surface area contributed by atoms with Crippen molar-refractivity contribution in [3.8, 4) is 16.9 Å². The van der Waals surface area contributed by atoms with E-state index in [4.69, 9.17) is 24.4 Å². The van der Waals surface area contributed by atoms with Crippen molar-refractivity contribution in [1.82, 2.24) is 0 Å². The van der Waals surface area contributed by atoms with Gasteiger partial charge in [-0.1, -0.05) is 36.4 Å². The highest BCUT2D eigenvalue weighted by molar-refractivity contribution is 5.96. The average molecular weight is 515 g/mol. The molecule has 0 unspecified atom stereocenters. The third-order valence-electron chi connectivity index (χ3n) is 6.79. The zero-order valence-corrected chi connectivity index (χ0v) is 21.7. The van der Waals surface area contributed by atoms with E-state index in [1.807, 2.05) is 36.4 Å². The molecule has 3 N–H and O–H groups in total. The van der Waals surface area contributed by atoms with Gasteiger partial charge < -0.3 is 29.7 Å². The molecule has 2 heterocycles. The van der Waals surface area contributed by atoms with Crippen LogP contribution in [0.25, 0.3) is 22.1 Å². The molecule has 0 radical (unpaired) electrons. The number of anilines is 1. The number of nitrogens with one attached hydrogen (secondary N) is 1. The zero-order valence-electron chi connectivity index (χ0n) is 21.7. The average Bonchev–Trinajstić information content (AvgIpc) is 3.61. The molecule has 0 spiro atoms. The Morgan fingerprint density at radius 2 is 1.97 bits per heavy atom. The van der Waals surface area contributed by atoms with E-state index in [2.05, 4.69) is 29.6 Å². The van der Waals surface area contributed by atoms with Crippen LogP contribution in [0.1, 0.15) is 36.5 Å². The smallest absolute Gasteiger partial charge is 0.310 e. The van der Waals surface area contributed by atoms with Crippen LogP contribution in [0.2, 0.25) is 0 Å². The van der Waals surface area contributed by atoms with E-state index >= 15 is 0 Å². The number of carbonyl (C=O) groups excluding carboxylic acids is 1. The quantitative estimate of drug-likeness (QED) is 0.243. The second-order valence-corrected chi connectivity index (χ2v) is 9.46. The summed E-state index contributed by atoms with van der Waals surface area (Å²) in [6.45, 7) is 4.46. The fraction of sp³-hybridized carbons (Fsp3) is 0.323. The molecule has 38 heavy (non-hydrogen) atoms. The maximum Gasteiger partial charge on any atom is 0.310 e. The third kappa shape index (κ3) is 6.01. The van der Waals surface area contributed by atoms with Crippen LogP contribution in [0, 0.1) is 0 Å². The van der Waals surface area contributed by atoms with Crippen LogP contribution in [0.5, 0.6) is 5.75 Å². The first-order chi connectivity index (χ1) is 18.6. The highest BCUT2D eigenvalue weighted by Crippen LogP contribution is 2.35. The van der Waals surface area contributed by atoms with Gasteiger partial charge in [0.1, 0.15) is 12.4 Å². The summed E-state index contributed by atoms with van der Waals surface area (Å²) in [6, 6.07) is 20.1. The summed E-state index contributed by atoms with van der Waals surface area (Å²) in [5.41, 5.74) is 12.5. The molecule has 0 aliphatic carbocycles. The highest BCUT2D eigenvalue weighted by atomic mass is 16.5. The van der Waals surface area contributed by atoms with Crippen molar-refractivity contribution in [2.24, 2.45) is 5.73 Å². The topological polar surface area (TPSA) is 96.0 Å². The molecule has 7 heteroatoms. The number of ether oxygens (including phenoxy) is 3. The van der Waals surface area contributed by atoms with Crippen molar-refractivity contribution < 1.29 is 23.4 Å². The van der Waals surface area contributed by atoms with Crippen LogP contribution in [-0.4, -0.2) is 31.8 Å². The Kier molecular flexibility index (Phi) is 8.26. The summed E-state index contributed by atoms with van der Waals surface area (Å²) < 4.78 is 23.2. The number of nitrogens with two attached hydrogens (primary N) is 1. The minimum atomic E-state index is -0.274. The number of hydrogen-bond donors (Lipinski definition) is 2. The molecule has 7 nitrogen and oxygen atoms in total. The van der Waals surface area contributed by atoms with E-state index < -0.39 is 0 Å². The summed E-state index contributed by atoms with van der Waals surface area (Å²) in [7, 11) is 0. The number of carbonyl (C=O) groups is 1. The minimum absolute atomic E-state index is 0.162. The lowest BCUT2D eigenvalue weighted by Crippen LogP contribution is -2.18. The number of hydrogen-bond acceptors (Lipinski definition) is 7.